The second-order valence-electron chi connectivity index (χ2n) is 8.43. The smallest absolute Gasteiger partial charge is 0.163 e. The van der Waals surface area contributed by atoms with E-state index >= 15 is 0 Å². The fraction of sp³-hybridized carbons (Fsp3) is 0.0323. The first-order valence-electron chi connectivity index (χ1n) is 11.6. The van der Waals surface area contributed by atoms with Gasteiger partial charge in [-0.25, -0.2) is 15.0 Å². The molecular weight excluding hydrogens is 428 g/mol. The molecule has 0 saturated carbocycles. The number of hydrogen-bond acceptors (Lipinski definition) is 4. The van der Waals surface area contributed by atoms with E-state index in [4.69, 9.17) is 4.98 Å². The van der Waals surface area contributed by atoms with Crippen LogP contribution in [0, 0.1) is 6.92 Å². The van der Waals surface area contributed by atoms with Crippen molar-refractivity contribution >= 4 is 10.9 Å². The molecule has 0 aliphatic heterocycles. The van der Waals surface area contributed by atoms with Gasteiger partial charge in [-0.05, 0) is 29.7 Å². The van der Waals surface area contributed by atoms with Crippen molar-refractivity contribution < 1.29 is 0 Å². The lowest BCUT2D eigenvalue weighted by Gasteiger charge is -2.09. The fourth-order valence-electron chi connectivity index (χ4n) is 4.32. The highest BCUT2D eigenvalue weighted by atomic mass is 15.0. The quantitative estimate of drug-likeness (QED) is 0.281. The predicted octanol–water partition coefficient (Wildman–Crippen LogP) is 7.40. The van der Waals surface area contributed by atoms with Crippen LogP contribution >= 0.6 is 0 Å². The van der Waals surface area contributed by atoms with Gasteiger partial charge in [-0.2, -0.15) is 0 Å². The number of fused-ring (bicyclic) bond motifs is 1. The molecule has 0 saturated heterocycles. The van der Waals surface area contributed by atoms with Gasteiger partial charge in [0.25, 0.3) is 0 Å². The van der Waals surface area contributed by atoms with Crippen LogP contribution in [0.3, 0.4) is 0 Å². The number of rotatable bonds is 4. The van der Waals surface area contributed by atoms with Gasteiger partial charge in [0.15, 0.2) is 11.6 Å². The number of para-hydroxylation sites is 1. The van der Waals surface area contributed by atoms with Gasteiger partial charge in [0.05, 0.1) is 5.52 Å². The van der Waals surface area contributed by atoms with Crippen LogP contribution < -0.4 is 0 Å². The van der Waals surface area contributed by atoms with E-state index in [2.05, 4.69) is 99.9 Å². The molecule has 0 radical (unpaired) electrons. The summed E-state index contributed by atoms with van der Waals surface area (Å²) in [5.74, 6) is 2.04. The Morgan fingerprint density at radius 3 is 1.71 bits per heavy atom. The number of aromatic nitrogens is 4. The molecule has 2 heterocycles. The molecule has 0 spiro atoms. The zero-order valence-electron chi connectivity index (χ0n) is 19.3. The fourth-order valence-corrected chi connectivity index (χ4v) is 4.32. The Bertz CT molecular complexity index is 1620. The Morgan fingerprint density at radius 2 is 1.03 bits per heavy atom. The van der Waals surface area contributed by atoms with E-state index < -0.39 is 0 Å². The molecule has 35 heavy (non-hydrogen) atoms. The maximum absolute atomic E-state index is 4.79. The number of pyridine rings is 1. The average Bonchev–Trinajstić information content (AvgIpc) is 2.93. The Labute approximate surface area is 204 Å². The SMILES string of the molecule is Cc1nc(-c2ccc(-c3ccccc3)cc2)nc(-c2ccc(-c3cccc4cccnc34)cc2)n1. The summed E-state index contributed by atoms with van der Waals surface area (Å²) in [4.78, 5) is 18.6. The minimum atomic E-state index is 0.669. The molecule has 6 rings (SSSR count). The molecule has 0 unspecified atom stereocenters. The van der Waals surface area contributed by atoms with Crippen LogP contribution in [-0.4, -0.2) is 19.9 Å². The summed E-state index contributed by atoms with van der Waals surface area (Å²) in [6.45, 7) is 1.91. The average molecular weight is 451 g/mol. The standard InChI is InChI=1S/C31H22N4/c1-21-33-30(26-16-12-23(13-17-26)22-7-3-2-4-8-22)35-31(34-21)27-18-14-24(15-19-27)28-11-5-9-25-10-6-20-32-29(25)28/h2-20H,1H3. The Morgan fingerprint density at radius 1 is 0.457 bits per heavy atom. The highest BCUT2D eigenvalue weighted by Crippen LogP contribution is 2.29. The Balaban J connectivity index is 1.33. The van der Waals surface area contributed by atoms with Crippen LogP contribution in [-0.2, 0) is 0 Å². The predicted molar refractivity (Wildman–Crippen MR) is 142 cm³/mol. The normalized spacial score (nSPS) is 11.0. The molecule has 0 aliphatic carbocycles. The summed E-state index contributed by atoms with van der Waals surface area (Å²) in [5.41, 5.74) is 7.50. The minimum absolute atomic E-state index is 0.669. The molecule has 0 N–H and O–H groups in total. The van der Waals surface area contributed by atoms with Crippen molar-refractivity contribution in [2.75, 3.05) is 0 Å². The van der Waals surface area contributed by atoms with E-state index in [0.29, 0.717) is 17.5 Å². The topological polar surface area (TPSA) is 51.6 Å². The van der Waals surface area contributed by atoms with Crippen LogP contribution in [0.5, 0.6) is 0 Å². The first-order chi connectivity index (χ1) is 17.2. The van der Waals surface area contributed by atoms with Gasteiger partial charge in [0.2, 0.25) is 0 Å². The van der Waals surface area contributed by atoms with E-state index in [1.807, 2.05) is 37.4 Å². The molecule has 2 aromatic heterocycles. The molecule has 166 valence electrons. The second kappa shape index (κ2) is 8.92. The van der Waals surface area contributed by atoms with Gasteiger partial charge in [-0.3, -0.25) is 4.98 Å². The van der Waals surface area contributed by atoms with Crippen molar-refractivity contribution in [3.8, 4) is 45.0 Å². The van der Waals surface area contributed by atoms with Crippen molar-refractivity contribution in [1.82, 2.24) is 19.9 Å². The number of nitrogens with zero attached hydrogens (tertiary/aromatic N) is 4. The van der Waals surface area contributed by atoms with E-state index in [-0.39, 0.29) is 0 Å². The third-order valence-corrected chi connectivity index (χ3v) is 6.08. The van der Waals surface area contributed by atoms with Crippen LogP contribution in [0.1, 0.15) is 5.82 Å². The number of hydrogen-bond donors (Lipinski definition) is 0. The van der Waals surface area contributed by atoms with Crippen molar-refractivity contribution in [1.29, 1.82) is 0 Å². The molecule has 4 aromatic carbocycles. The monoisotopic (exact) mass is 450 g/mol. The maximum Gasteiger partial charge on any atom is 0.163 e. The molecule has 4 nitrogen and oxygen atoms in total. The van der Waals surface area contributed by atoms with Gasteiger partial charge >= 0.3 is 0 Å². The number of benzene rings is 4. The first kappa shape index (κ1) is 20.9. The van der Waals surface area contributed by atoms with Crippen molar-refractivity contribution in [2.24, 2.45) is 0 Å². The molecule has 0 fully saturated rings. The molecule has 0 amide bonds. The lowest BCUT2D eigenvalue weighted by molar-refractivity contribution is 0.992. The molecule has 0 aliphatic rings. The van der Waals surface area contributed by atoms with Gasteiger partial charge < -0.3 is 0 Å². The van der Waals surface area contributed by atoms with Gasteiger partial charge in [0.1, 0.15) is 5.82 Å². The summed E-state index contributed by atoms with van der Waals surface area (Å²) < 4.78 is 0. The molecule has 0 bridgehead atoms. The zero-order valence-corrected chi connectivity index (χ0v) is 19.3. The summed E-state index contributed by atoms with van der Waals surface area (Å²) in [5, 5.41) is 1.13. The first-order valence-corrected chi connectivity index (χ1v) is 11.6. The zero-order chi connectivity index (χ0) is 23.6. The largest absolute Gasteiger partial charge is 0.256 e. The highest BCUT2D eigenvalue weighted by molar-refractivity contribution is 5.93. The van der Waals surface area contributed by atoms with E-state index in [0.717, 1.165) is 33.2 Å². The summed E-state index contributed by atoms with van der Waals surface area (Å²) >= 11 is 0. The van der Waals surface area contributed by atoms with E-state index in [1.165, 1.54) is 11.1 Å². The lowest BCUT2D eigenvalue weighted by atomic mass is 10.0. The maximum atomic E-state index is 4.79. The van der Waals surface area contributed by atoms with Gasteiger partial charge in [-0.1, -0.05) is 103 Å². The van der Waals surface area contributed by atoms with Crippen molar-refractivity contribution in [3.63, 3.8) is 0 Å². The van der Waals surface area contributed by atoms with E-state index in [1.54, 1.807) is 0 Å². The molecule has 4 heteroatoms. The summed E-state index contributed by atoms with van der Waals surface area (Å²) in [6, 6.07) is 37.3. The minimum Gasteiger partial charge on any atom is -0.256 e. The van der Waals surface area contributed by atoms with Crippen LogP contribution in [0.2, 0.25) is 0 Å². The third-order valence-electron chi connectivity index (χ3n) is 6.08. The highest BCUT2D eigenvalue weighted by Gasteiger charge is 2.10. The summed E-state index contributed by atoms with van der Waals surface area (Å²) in [7, 11) is 0. The molecular formula is C31H22N4. The second-order valence-corrected chi connectivity index (χ2v) is 8.43. The number of aryl methyl sites for hydroxylation is 1. The molecule has 0 atom stereocenters. The Kier molecular flexibility index (Phi) is 5.32. The van der Waals surface area contributed by atoms with Crippen LogP contribution in [0.15, 0.2) is 115 Å². The Hall–Kier alpha value is -4.70. The van der Waals surface area contributed by atoms with Gasteiger partial charge in [-0.15, -0.1) is 0 Å². The summed E-state index contributed by atoms with van der Waals surface area (Å²) in [6.07, 6.45) is 1.84. The van der Waals surface area contributed by atoms with Crippen molar-refractivity contribution in [2.45, 2.75) is 6.92 Å². The van der Waals surface area contributed by atoms with Gasteiger partial charge in [0, 0.05) is 28.3 Å². The van der Waals surface area contributed by atoms with E-state index in [9.17, 15) is 0 Å². The third kappa shape index (κ3) is 4.18. The van der Waals surface area contributed by atoms with Crippen LogP contribution in [0.4, 0.5) is 0 Å². The van der Waals surface area contributed by atoms with Crippen LogP contribution in [0.25, 0.3) is 55.9 Å². The van der Waals surface area contributed by atoms with Crippen molar-refractivity contribution in [3.05, 3.63) is 121 Å². The lowest BCUT2D eigenvalue weighted by Crippen LogP contribution is -1.99. The molecule has 6 aromatic rings.